The molecule has 0 unspecified atom stereocenters. The standard InChI is InChI=1S/C21H15Cl2F3N4O2/c1-32-20-15(9-31)28-17(21(24,25)26)19(30-20)29-14-6-5-11-10(3-2-4-12(11)14)13-7-8-27-18(23)16(13)22/h2-4,7-9,14H,5-6H2,1H3,(H,29,30)/t14-/m0/s1. The maximum absolute atomic E-state index is 13.6. The lowest BCUT2D eigenvalue weighted by molar-refractivity contribution is -0.140. The van der Waals surface area contributed by atoms with Crippen molar-refractivity contribution in [3.63, 3.8) is 0 Å². The molecule has 1 aliphatic carbocycles. The Morgan fingerprint density at radius 3 is 2.66 bits per heavy atom. The molecular formula is C21H15Cl2F3N4O2. The van der Waals surface area contributed by atoms with Crippen molar-refractivity contribution in [3.8, 4) is 17.0 Å². The minimum absolute atomic E-state index is 0.168. The Kier molecular flexibility index (Phi) is 5.96. The maximum Gasteiger partial charge on any atom is 0.437 e. The van der Waals surface area contributed by atoms with E-state index >= 15 is 0 Å². The summed E-state index contributed by atoms with van der Waals surface area (Å²) in [6.45, 7) is 0. The van der Waals surface area contributed by atoms with Crippen molar-refractivity contribution in [3.05, 3.63) is 63.2 Å². The zero-order valence-electron chi connectivity index (χ0n) is 16.5. The van der Waals surface area contributed by atoms with Gasteiger partial charge >= 0.3 is 6.18 Å². The van der Waals surface area contributed by atoms with Gasteiger partial charge in [-0.15, -0.1) is 0 Å². The van der Waals surface area contributed by atoms with E-state index in [4.69, 9.17) is 27.9 Å². The molecule has 0 spiro atoms. The van der Waals surface area contributed by atoms with E-state index in [9.17, 15) is 18.0 Å². The van der Waals surface area contributed by atoms with Crippen LogP contribution in [-0.2, 0) is 12.6 Å². The molecule has 2 heterocycles. The molecule has 1 N–H and O–H groups in total. The number of fused-ring (bicyclic) bond motifs is 1. The van der Waals surface area contributed by atoms with Gasteiger partial charge in [-0.3, -0.25) is 4.79 Å². The highest BCUT2D eigenvalue weighted by Gasteiger charge is 2.39. The van der Waals surface area contributed by atoms with Crippen LogP contribution < -0.4 is 10.1 Å². The maximum atomic E-state index is 13.6. The fraction of sp³-hybridized carbons (Fsp3) is 0.238. The minimum atomic E-state index is -4.82. The third-order valence-corrected chi connectivity index (χ3v) is 5.95. The van der Waals surface area contributed by atoms with Crippen molar-refractivity contribution in [1.82, 2.24) is 15.0 Å². The van der Waals surface area contributed by atoms with Crippen molar-refractivity contribution in [2.45, 2.75) is 25.1 Å². The number of carbonyl (C=O) groups is 1. The highest BCUT2D eigenvalue weighted by atomic mass is 35.5. The van der Waals surface area contributed by atoms with Crippen LogP contribution in [-0.4, -0.2) is 28.3 Å². The third kappa shape index (κ3) is 3.98. The normalized spacial score (nSPS) is 15.4. The Labute approximate surface area is 190 Å². The number of hydrogen-bond acceptors (Lipinski definition) is 6. The van der Waals surface area contributed by atoms with E-state index in [0.29, 0.717) is 23.4 Å². The highest BCUT2D eigenvalue weighted by Crippen LogP contribution is 2.43. The number of nitrogens with one attached hydrogen (secondary N) is 1. The average molecular weight is 483 g/mol. The summed E-state index contributed by atoms with van der Waals surface area (Å²) in [6.07, 6.45) is -1.99. The number of nitrogens with zero attached hydrogens (tertiary/aromatic N) is 3. The molecule has 6 nitrogen and oxygen atoms in total. The molecule has 1 aliphatic rings. The number of aromatic nitrogens is 3. The van der Waals surface area contributed by atoms with Gasteiger partial charge < -0.3 is 10.1 Å². The number of alkyl halides is 3. The average Bonchev–Trinajstić information content (AvgIpc) is 3.17. The smallest absolute Gasteiger partial charge is 0.437 e. The van der Waals surface area contributed by atoms with Crippen molar-refractivity contribution in [2.75, 3.05) is 12.4 Å². The van der Waals surface area contributed by atoms with E-state index in [1.807, 2.05) is 12.1 Å². The zero-order chi connectivity index (χ0) is 23.0. The minimum Gasteiger partial charge on any atom is -0.479 e. The predicted octanol–water partition coefficient (Wildman–Crippen LogP) is 5.78. The third-order valence-electron chi connectivity index (χ3n) is 5.18. The van der Waals surface area contributed by atoms with Gasteiger partial charge in [0.1, 0.15) is 5.15 Å². The van der Waals surface area contributed by atoms with Gasteiger partial charge in [-0.1, -0.05) is 41.4 Å². The van der Waals surface area contributed by atoms with Gasteiger partial charge in [-0.25, -0.2) is 9.97 Å². The molecule has 4 rings (SSSR count). The molecule has 0 bridgehead atoms. The number of carbonyl (C=O) groups excluding carboxylic acids is 1. The molecule has 1 atom stereocenters. The van der Waals surface area contributed by atoms with E-state index in [1.165, 1.54) is 7.11 Å². The Morgan fingerprint density at radius 1 is 1.19 bits per heavy atom. The first kappa shape index (κ1) is 22.3. The number of anilines is 1. The second-order valence-electron chi connectivity index (χ2n) is 7.00. The largest absolute Gasteiger partial charge is 0.479 e. The lowest BCUT2D eigenvalue weighted by atomic mass is 9.97. The number of ether oxygens (including phenoxy) is 1. The molecular weight excluding hydrogens is 468 g/mol. The van der Waals surface area contributed by atoms with Crippen LogP contribution in [0.25, 0.3) is 11.1 Å². The van der Waals surface area contributed by atoms with Crippen LogP contribution in [0.2, 0.25) is 10.2 Å². The topological polar surface area (TPSA) is 77.0 Å². The second-order valence-corrected chi connectivity index (χ2v) is 7.74. The lowest BCUT2D eigenvalue weighted by Crippen LogP contribution is -2.19. The molecule has 0 radical (unpaired) electrons. The van der Waals surface area contributed by atoms with Crippen molar-refractivity contribution >= 4 is 35.3 Å². The summed E-state index contributed by atoms with van der Waals surface area (Å²) in [5.41, 5.74) is 1.46. The van der Waals surface area contributed by atoms with E-state index in [-0.39, 0.29) is 17.3 Å². The Balaban J connectivity index is 1.76. The van der Waals surface area contributed by atoms with Gasteiger partial charge in [-0.05, 0) is 35.6 Å². The summed E-state index contributed by atoms with van der Waals surface area (Å²) in [5.74, 6) is -0.797. The van der Waals surface area contributed by atoms with Crippen LogP contribution in [0.1, 0.15) is 39.8 Å². The van der Waals surface area contributed by atoms with Gasteiger partial charge in [-0.2, -0.15) is 18.2 Å². The van der Waals surface area contributed by atoms with Crippen LogP contribution in [0.4, 0.5) is 19.0 Å². The molecule has 11 heteroatoms. The quantitative estimate of drug-likeness (QED) is 0.366. The molecule has 0 saturated carbocycles. The second kappa shape index (κ2) is 8.55. The Bertz CT molecular complexity index is 1200. The number of benzene rings is 1. The van der Waals surface area contributed by atoms with Crippen LogP contribution in [0.5, 0.6) is 5.88 Å². The fourth-order valence-corrected chi connectivity index (χ4v) is 4.18. The Morgan fingerprint density at radius 2 is 1.97 bits per heavy atom. The molecule has 166 valence electrons. The van der Waals surface area contributed by atoms with Crippen LogP contribution in [0.15, 0.2) is 30.5 Å². The van der Waals surface area contributed by atoms with E-state index < -0.39 is 29.4 Å². The summed E-state index contributed by atoms with van der Waals surface area (Å²) >= 11 is 12.4. The number of rotatable bonds is 5. The highest BCUT2D eigenvalue weighted by molar-refractivity contribution is 6.43. The summed E-state index contributed by atoms with van der Waals surface area (Å²) < 4.78 is 45.8. The molecule has 0 amide bonds. The van der Waals surface area contributed by atoms with Crippen LogP contribution >= 0.6 is 23.2 Å². The van der Waals surface area contributed by atoms with Crippen molar-refractivity contribution < 1.29 is 22.7 Å². The summed E-state index contributed by atoms with van der Waals surface area (Å²) in [5, 5.41) is 3.31. The fourth-order valence-electron chi connectivity index (χ4n) is 3.81. The van der Waals surface area contributed by atoms with Gasteiger partial charge in [0, 0.05) is 11.8 Å². The summed E-state index contributed by atoms with van der Waals surface area (Å²) in [4.78, 5) is 22.4. The lowest BCUT2D eigenvalue weighted by Gasteiger charge is -2.19. The number of halogens is 5. The van der Waals surface area contributed by atoms with Crippen molar-refractivity contribution in [2.24, 2.45) is 0 Å². The summed E-state index contributed by atoms with van der Waals surface area (Å²) in [6, 6.07) is 6.77. The molecule has 32 heavy (non-hydrogen) atoms. The van der Waals surface area contributed by atoms with Gasteiger partial charge in [0.2, 0.25) is 5.88 Å². The molecule has 1 aromatic carbocycles. The van der Waals surface area contributed by atoms with E-state index in [1.54, 1.807) is 18.3 Å². The number of aldehydes is 1. The van der Waals surface area contributed by atoms with Gasteiger partial charge in [0.25, 0.3) is 0 Å². The molecule has 2 aromatic heterocycles. The number of hydrogen-bond donors (Lipinski definition) is 1. The molecule has 0 saturated heterocycles. The van der Waals surface area contributed by atoms with Gasteiger partial charge in [0.15, 0.2) is 23.5 Å². The monoisotopic (exact) mass is 482 g/mol. The first-order chi connectivity index (χ1) is 15.2. The number of pyridine rings is 1. The molecule has 3 aromatic rings. The van der Waals surface area contributed by atoms with Crippen LogP contribution in [0, 0.1) is 0 Å². The van der Waals surface area contributed by atoms with Crippen molar-refractivity contribution in [1.29, 1.82) is 0 Å². The first-order valence-electron chi connectivity index (χ1n) is 9.41. The first-order valence-corrected chi connectivity index (χ1v) is 10.2. The molecule has 0 fully saturated rings. The SMILES string of the molecule is COc1nc(N[C@H]2CCc3c(-c4ccnc(Cl)c4Cl)cccc32)c(C(F)(F)F)nc1C=O. The van der Waals surface area contributed by atoms with Crippen LogP contribution in [0.3, 0.4) is 0 Å². The molecule has 0 aliphatic heterocycles. The zero-order valence-corrected chi connectivity index (χ0v) is 18.0. The number of methoxy groups -OCH3 is 1. The predicted molar refractivity (Wildman–Crippen MR) is 113 cm³/mol. The van der Waals surface area contributed by atoms with Gasteiger partial charge in [0.05, 0.1) is 18.2 Å². The Hall–Kier alpha value is -2.91. The van der Waals surface area contributed by atoms with E-state index in [2.05, 4.69) is 20.3 Å². The summed E-state index contributed by atoms with van der Waals surface area (Å²) in [7, 11) is 1.20. The van der Waals surface area contributed by atoms with E-state index in [0.717, 1.165) is 16.7 Å².